The maximum atomic E-state index is 12.4. The molecule has 120 valence electrons. The Morgan fingerprint density at radius 2 is 2.27 bits per heavy atom. The van der Waals surface area contributed by atoms with Crippen LogP contribution in [-0.2, 0) is 4.79 Å². The first kappa shape index (κ1) is 16.5. The van der Waals surface area contributed by atoms with Crippen molar-refractivity contribution in [2.24, 2.45) is 5.73 Å². The minimum absolute atomic E-state index is 0.00419. The van der Waals surface area contributed by atoms with Gasteiger partial charge in [-0.1, -0.05) is 25.8 Å². The predicted molar refractivity (Wildman–Crippen MR) is 87.9 cm³/mol. The Kier molecular flexibility index (Phi) is 5.95. The molecule has 5 heteroatoms. The van der Waals surface area contributed by atoms with Crippen LogP contribution < -0.4 is 16.0 Å². The maximum Gasteiger partial charge on any atom is 0.251 e. The smallest absolute Gasteiger partial charge is 0.251 e. The van der Waals surface area contributed by atoms with Crippen molar-refractivity contribution in [3.05, 3.63) is 29.8 Å². The Hall–Kier alpha value is -1.88. The molecule has 1 fully saturated rings. The molecule has 5 nitrogen and oxygen atoms in total. The number of hydrogen-bond acceptors (Lipinski definition) is 3. The zero-order valence-electron chi connectivity index (χ0n) is 13.2. The Morgan fingerprint density at radius 1 is 1.45 bits per heavy atom. The molecule has 2 amide bonds. The quantitative estimate of drug-likeness (QED) is 0.809. The average Bonchev–Trinajstić information content (AvgIpc) is 2.97. The van der Waals surface area contributed by atoms with Crippen LogP contribution in [0, 0.1) is 0 Å². The molecule has 0 bridgehead atoms. The molecule has 1 atom stereocenters. The van der Waals surface area contributed by atoms with E-state index in [1.165, 1.54) is 0 Å². The summed E-state index contributed by atoms with van der Waals surface area (Å²) in [5.74, 6) is 0.000359. The molecule has 0 radical (unpaired) electrons. The number of hydrogen-bond donors (Lipinski definition) is 2. The number of benzene rings is 1. The van der Waals surface area contributed by atoms with Crippen molar-refractivity contribution >= 4 is 17.5 Å². The fourth-order valence-corrected chi connectivity index (χ4v) is 2.70. The van der Waals surface area contributed by atoms with Gasteiger partial charge in [-0.05, 0) is 31.0 Å². The van der Waals surface area contributed by atoms with Crippen LogP contribution in [0.4, 0.5) is 5.69 Å². The summed E-state index contributed by atoms with van der Waals surface area (Å²) in [4.78, 5) is 25.9. The maximum absolute atomic E-state index is 12.4. The van der Waals surface area contributed by atoms with Crippen molar-refractivity contribution in [2.75, 3.05) is 18.0 Å². The van der Waals surface area contributed by atoms with Gasteiger partial charge in [0.05, 0.1) is 0 Å². The fraction of sp³-hybridized carbons (Fsp3) is 0.529. The average molecular weight is 303 g/mol. The molecular weight excluding hydrogens is 278 g/mol. The second-order valence-electron chi connectivity index (χ2n) is 5.75. The molecule has 1 heterocycles. The van der Waals surface area contributed by atoms with E-state index in [4.69, 9.17) is 5.73 Å². The molecule has 1 aliphatic heterocycles. The number of nitrogens with two attached hydrogens (primary N) is 1. The van der Waals surface area contributed by atoms with Gasteiger partial charge >= 0.3 is 0 Å². The summed E-state index contributed by atoms with van der Waals surface area (Å²) in [5, 5.41) is 2.98. The summed E-state index contributed by atoms with van der Waals surface area (Å²) in [7, 11) is 0. The molecule has 0 spiro atoms. The standard InChI is InChI=1S/C17H25N3O2/c1-2-3-7-14(12-18)19-17(22)13-6-4-8-15(11-13)20-10-5-9-16(20)21/h4,6,8,11,14H,2-3,5,7,9-10,12,18H2,1H3,(H,19,22). The van der Waals surface area contributed by atoms with Gasteiger partial charge < -0.3 is 16.0 Å². The lowest BCUT2D eigenvalue weighted by Gasteiger charge is -2.19. The largest absolute Gasteiger partial charge is 0.348 e. The monoisotopic (exact) mass is 303 g/mol. The molecule has 0 aliphatic carbocycles. The molecule has 3 N–H and O–H groups in total. The third kappa shape index (κ3) is 4.07. The van der Waals surface area contributed by atoms with E-state index < -0.39 is 0 Å². The van der Waals surface area contributed by atoms with Gasteiger partial charge in [0.25, 0.3) is 5.91 Å². The summed E-state index contributed by atoms with van der Waals surface area (Å²) in [6, 6.07) is 7.25. The molecule has 1 saturated heterocycles. The van der Waals surface area contributed by atoms with Crippen LogP contribution in [0.15, 0.2) is 24.3 Å². The molecule has 0 saturated carbocycles. The molecule has 1 aliphatic rings. The lowest BCUT2D eigenvalue weighted by Crippen LogP contribution is -2.40. The molecule has 1 aromatic rings. The topological polar surface area (TPSA) is 75.4 Å². The first-order valence-electron chi connectivity index (χ1n) is 8.07. The van der Waals surface area contributed by atoms with Crippen LogP contribution in [0.2, 0.25) is 0 Å². The number of rotatable bonds is 7. The highest BCUT2D eigenvalue weighted by Crippen LogP contribution is 2.22. The first-order valence-corrected chi connectivity index (χ1v) is 8.07. The molecule has 0 aromatic heterocycles. The summed E-state index contributed by atoms with van der Waals surface area (Å²) in [6.45, 7) is 3.29. The second-order valence-corrected chi connectivity index (χ2v) is 5.75. The van der Waals surface area contributed by atoms with Gasteiger partial charge in [-0.3, -0.25) is 9.59 Å². The van der Waals surface area contributed by atoms with E-state index in [9.17, 15) is 9.59 Å². The van der Waals surface area contributed by atoms with Crippen molar-refractivity contribution in [1.82, 2.24) is 5.32 Å². The van der Waals surface area contributed by atoms with Crippen molar-refractivity contribution < 1.29 is 9.59 Å². The van der Waals surface area contributed by atoms with E-state index in [1.54, 1.807) is 17.0 Å². The van der Waals surface area contributed by atoms with Crippen LogP contribution in [0.25, 0.3) is 0 Å². The highest BCUT2D eigenvalue weighted by molar-refractivity contribution is 5.99. The van der Waals surface area contributed by atoms with Gasteiger partial charge in [0.15, 0.2) is 0 Å². The van der Waals surface area contributed by atoms with Gasteiger partial charge in [0.1, 0.15) is 0 Å². The van der Waals surface area contributed by atoms with Gasteiger partial charge in [-0.2, -0.15) is 0 Å². The second kappa shape index (κ2) is 7.94. The van der Waals surface area contributed by atoms with E-state index >= 15 is 0 Å². The molecule has 1 aromatic carbocycles. The minimum atomic E-state index is -0.125. The van der Waals surface area contributed by atoms with Crippen molar-refractivity contribution in [3.63, 3.8) is 0 Å². The van der Waals surface area contributed by atoms with Gasteiger partial charge in [-0.25, -0.2) is 0 Å². The Labute approximate surface area is 131 Å². The zero-order chi connectivity index (χ0) is 15.9. The highest BCUT2D eigenvalue weighted by Gasteiger charge is 2.22. The number of carbonyl (C=O) groups is 2. The van der Waals surface area contributed by atoms with Crippen molar-refractivity contribution in [3.8, 4) is 0 Å². The Morgan fingerprint density at radius 3 is 2.91 bits per heavy atom. The number of nitrogens with one attached hydrogen (secondary N) is 1. The van der Waals surface area contributed by atoms with E-state index in [2.05, 4.69) is 12.2 Å². The number of nitrogens with zero attached hydrogens (tertiary/aromatic N) is 1. The predicted octanol–water partition coefficient (Wildman–Crippen LogP) is 2.06. The molecule has 1 unspecified atom stereocenters. The summed E-state index contributed by atoms with van der Waals surface area (Å²) in [6.07, 6.45) is 4.48. The van der Waals surface area contributed by atoms with Crippen molar-refractivity contribution in [1.29, 1.82) is 0 Å². The van der Waals surface area contributed by atoms with Crippen LogP contribution in [-0.4, -0.2) is 30.9 Å². The number of anilines is 1. The van der Waals surface area contributed by atoms with E-state index in [0.29, 0.717) is 18.5 Å². The zero-order valence-corrected chi connectivity index (χ0v) is 13.2. The molecular formula is C17H25N3O2. The van der Waals surface area contributed by atoms with Gasteiger partial charge in [-0.15, -0.1) is 0 Å². The number of amides is 2. The normalized spacial score (nSPS) is 15.9. The van der Waals surface area contributed by atoms with Gasteiger partial charge in [0.2, 0.25) is 5.91 Å². The third-order valence-electron chi connectivity index (χ3n) is 4.02. The van der Waals surface area contributed by atoms with E-state index in [1.807, 2.05) is 12.1 Å². The molecule has 2 rings (SSSR count). The Bertz CT molecular complexity index is 530. The Balaban J connectivity index is 2.05. The lowest BCUT2D eigenvalue weighted by molar-refractivity contribution is -0.117. The van der Waals surface area contributed by atoms with Gasteiger partial charge in [0, 0.05) is 36.8 Å². The summed E-state index contributed by atoms with van der Waals surface area (Å²) >= 11 is 0. The summed E-state index contributed by atoms with van der Waals surface area (Å²) in [5.41, 5.74) is 7.10. The van der Waals surface area contributed by atoms with Crippen LogP contribution in [0.1, 0.15) is 49.4 Å². The highest BCUT2D eigenvalue weighted by atomic mass is 16.2. The van der Waals surface area contributed by atoms with Crippen molar-refractivity contribution in [2.45, 2.75) is 45.1 Å². The summed E-state index contributed by atoms with van der Waals surface area (Å²) < 4.78 is 0. The fourth-order valence-electron chi connectivity index (χ4n) is 2.70. The van der Waals surface area contributed by atoms with E-state index in [0.717, 1.165) is 37.9 Å². The van der Waals surface area contributed by atoms with Crippen LogP contribution >= 0.6 is 0 Å². The lowest BCUT2D eigenvalue weighted by atomic mass is 10.1. The SMILES string of the molecule is CCCCC(CN)NC(=O)c1cccc(N2CCCC2=O)c1. The van der Waals surface area contributed by atoms with Crippen LogP contribution in [0.5, 0.6) is 0 Å². The molecule has 22 heavy (non-hydrogen) atoms. The number of unbranched alkanes of at least 4 members (excludes halogenated alkanes) is 1. The first-order chi connectivity index (χ1) is 10.7. The number of carbonyl (C=O) groups excluding carboxylic acids is 2. The minimum Gasteiger partial charge on any atom is -0.348 e. The van der Waals surface area contributed by atoms with Crippen LogP contribution in [0.3, 0.4) is 0 Å². The third-order valence-corrected chi connectivity index (χ3v) is 4.02. The van der Waals surface area contributed by atoms with E-state index in [-0.39, 0.29) is 17.9 Å².